The van der Waals surface area contributed by atoms with E-state index in [0.717, 1.165) is 15.4 Å². The van der Waals surface area contributed by atoms with Gasteiger partial charge in [-0.1, -0.05) is 23.8 Å². The van der Waals surface area contributed by atoms with Crippen molar-refractivity contribution < 1.29 is 4.79 Å². The van der Waals surface area contributed by atoms with Crippen molar-refractivity contribution in [2.75, 3.05) is 12.5 Å². The molecule has 0 bridgehead atoms. The van der Waals surface area contributed by atoms with Crippen molar-refractivity contribution in [3.63, 3.8) is 0 Å². The average molecular weight is 252 g/mol. The highest BCUT2D eigenvalue weighted by Crippen LogP contribution is 2.24. The summed E-state index contributed by atoms with van der Waals surface area (Å²) in [4.78, 5) is 12.0. The monoisotopic (exact) mass is 252 g/mol. The lowest BCUT2D eigenvalue weighted by atomic mass is 10.0. The van der Waals surface area contributed by atoms with Crippen LogP contribution >= 0.6 is 23.5 Å². The quantitative estimate of drug-likeness (QED) is 0.594. The highest BCUT2D eigenvalue weighted by Gasteiger charge is 2.07. The second kappa shape index (κ2) is 6.16. The summed E-state index contributed by atoms with van der Waals surface area (Å²) in [6.45, 7) is 4.01. The number of thioether (sulfide) groups is 2. The van der Waals surface area contributed by atoms with Crippen molar-refractivity contribution in [1.82, 2.24) is 0 Å². The molecule has 0 saturated heterocycles. The SMILES string of the molecule is CSC(=CC(=O)c1ccc(C)cc1C)SC. The van der Waals surface area contributed by atoms with Gasteiger partial charge in [-0.05, 0) is 31.9 Å². The smallest absolute Gasteiger partial charge is 0.187 e. The van der Waals surface area contributed by atoms with E-state index < -0.39 is 0 Å². The molecule has 1 nitrogen and oxygen atoms in total. The maximum absolute atomic E-state index is 12.0. The van der Waals surface area contributed by atoms with Crippen LogP contribution in [0.1, 0.15) is 21.5 Å². The minimum Gasteiger partial charge on any atom is -0.289 e. The number of carbonyl (C=O) groups is 1. The number of benzene rings is 1. The molecular weight excluding hydrogens is 236 g/mol. The zero-order chi connectivity index (χ0) is 12.1. The molecule has 0 heterocycles. The maximum atomic E-state index is 12.0. The fourth-order valence-electron chi connectivity index (χ4n) is 1.48. The van der Waals surface area contributed by atoms with Gasteiger partial charge >= 0.3 is 0 Å². The number of hydrogen-bond acceptors (Lipinski definition) is 3. The Balaban J connectivity index is 3.01. The first-order valence-corrected chi connectivity index (χ1v) is 7.44. The molecule has 16 heavy (non-hydrogen) atoms. The Morgan fingerprint density at radius 2 is 1.81 bits per heavy atom. The van der Waals surface area contributed by atoms with Crippen molar-refractivity contribution in [2.24, 2.45) is 0 Å². The van der Waals surface area contributed by atoms with Gasteiger partial charge in [-0.25, -0.2) is 0 Å². The average Bonchev–Trinajstić information content (AvgIpc) is 2.25. The molecular formula is C13H16OS2. The van der Waals surface area contributed by atoms with Gasteiger partial charge in [-0.3, -0.25) is 4.79 Å². The van der Waals surface area contributed by atoms with E-state index in [1.54, 1.807) is 29.6 Å². The molecule has 0 aliphatic carbocycles. The summed E-state index contributed by atoms with van der Waals surface area (Å²) < 4.78 is 1.05. The summed E-state index contributed by atoms with van der Waals surface area (Å²) in [6, 6.07) is 5.92. The molecule has 1 rings (SSSR count). The Morgan fingerprint density at radius 3 is 2.31 bits per heavy atom. The lowest BCUT2D eigenvalue weighted by Crippen LogP contribution is -1.98. The number of aryl methyl sites for hydroxylation is 2. The second-order valence-electron chi connectivity index (χ2n) is 3.55. The lowest BCUT2D eigenvalue weighted by molar-refractivity contribution is 0.104. The fraction of sp³-hybridized carbons (Fsp3) is 0.308. The molecule has 0 N–H and O–H groups in total. The number of carbonyl (C=O) groups excluding carboxylic acids is 1. The van der Waals surface area contributed by atoms with E-state index in [9.17, 15) is 4.79 Å². The summed E-state index contributed by atoms with van der Waals surface area (Å²) in [7, 11) is 0. The van der Waals surface area contributed by atoms with E-state index in [1.165, 1.54) is 5.56 Å². The Morgan fingerprint density at radius 1 is 1.19 bits per heavy atom. The molecule has 0 aliphatic heterocycles. The van der Waals surface area contributed by atoms with Crippen LogP contribution in [-0.4, -0.2) is 18.3 Å². The first kappa shape index (κ1) is 13.4. The van der Waals surface area contributed by atoms with E-state index in [1.807, 2.05) is 44.6 Å². The van der Waals surface area contributed by atoms with Crippen molar-refractivity contribution in [2.45, 2.75) is 13.8 Å². The number of allylic oxidation sites excluding steroid dienone is 1. The molecule has 0 aliphatic rings. The molecule has 0 spiro atoms. The molecule has 0 fully saturated rings. The number of rotatable bonds is 4. The van der Waals surface area contributed by atoms with Crippen molar-refractivity contribution >= 4 is 29.3 Å². The summed E-state index contributed by atoms with van der Waals surface area (Å²) in [6.07, 6.45) is 5.68. The van der Waals surface area contributed by atoms with Crippen LogP contribution in [-0.2, 0) is 0 Å². The largest absolute Gasteiger partial charge is 0.289 e. The Hall–Kier alpha value is -0.670. The molecule has 1 aromatic rings. The summed E-state index contributed by atoms with van der Waals surface area (Å²) >= 11 is 3.21. The number of ketones is 1. The maximum Gasteiger partial charge on any atom is 0.187 e. The van der Waals surface area contributed by atoms with Crippen LogP contribution in [0.5, 0.6) is 0 Å². The Bertz CT molecular complexity index is 416. The first-order chi connectivity index (χ1) is 7.58. The van der Waals surface area contributed by atoms with Crippen LogP contribution in [0.15, 0.2) is 28.5 Å². The van der Waals surface area contributed by atoms with Crippen LogP contribution in [0.25, 0.3) is 0 Å². The van der Waals surface area contributed by atoms with Crippen LogP contribution in [0.2, 0.25) is 0 Å². The van der Waals surface area contributed by atoms with Gasteiger partial charge in [0.2, 0.25) is 0 Å². The Kier molecular flexibility index (Phi) is 5.16. The second-order valence-corrected chi connectivity index (χ2v) is 5.51. The van der Waals surface area contributed by atoms with Gasteiger partial charge in [0, 0.05) is 15.9 Å². The van der Waals surface area contributed by atoms with Crippen LogP contribution < -0.4 is 0 Å². The topological polar surface area (TPSA) is 17.1 Å². The molecule has 0 atom stereocenters. The summed E-state index contributed by atoms with van der Waals surface area (Å²) in [5, 5.41) is 0. The zero-order valence-electron chi connectivity index (χ0n) is 10.0. The van der Waals surface area contributed by atoms with Gasteiger partial charge in [0.25, 0.3) is 0 Å². The van der Waals surface area contributed by atoms with E-state index in [0.29, 0.717) is 0 Å². The van der Waals surface area contributed by atoms with E-state index >= 15 is 0 Å². The van der Waals surface area contributed by atoms with E-state index in [4.69, 9.17) is 0 Å². The minimum atomic E-state index is 0.0937. The third-order valence-electron chi connectivity index (χ3n) is 2.30. The van der Waals surface area contributed by atoms with Gasteiger partial charge in [0.1, 0.15) is 0 Å². The molecule has 3 heteroatoms. The predicted octanol–water partition coefficient (Wildman–Crippen LogP) is 4.05. The third kappa shape index (κ3) is 3.42. The summed E-state index contributed by atoms with van der Waals surface area (Å²) in [5.41, 5.74) is 3.03. The highest BCUT2D eigenvalue weighted by molar-refractivity contribution is 8.21. The predicted molar refractivity (Wildman–Crippen MR) is 75.4 cm³/mol. The lowest BCUT2D eigenvalue weighted by Gasteiger charge is -2.04. The molecule has 0 saturated carbocycles. The van der Waals surface area contributed by atoms with Crippen molar-refractivity contribution in [1.29, 1.82) is 0 Å². The number of hydrogen-bond donors (Lipinski definition) is 0. The molecule has 1 aromatic carbocycles. The van der Waals surface area contributed by atoms with Crippen molar-refractivity contribution in [3.05, 3.63) is 45.2 Å². The highest BCUT2D eigenvalue weighted by atomic mass is 32.2. The molecule has 0 unspecified atom stereocenters. The normalized spacial score (nSPS) is 10.0. The van der Waals surface area contributed by atoms with Crippen LogP contribution in [0.4, 0.5) is 0 Å². The minimum absolute atomic E-state index is 0.0937. The van der Waals surface area contributed by atoms with E-state index in [-0.39, 0.29) is 5.78 Å². The van der Waals surface area contributed by atoms with Crippen molar-refractivity contribution in [3.8, 4) is 0 Å². The fourth-order valence-corrected chi connectivity index (χ4v) is 2.59. The first-order valence-electron chi connectivity index (χ1n) is 4.99. The Labute approximate surface area is 106 Å². The van der Waals surface area contributed by atoms with E-state index in [2.05, 4.69) is 0 Å². The van der Waals surface area contributed by atoms with Crippen LogP contribution in [0, 0.1) is 13.8 Å². The molecule has 0 aromatic heterocycles. The van der Waals surface area contributed by atoms with Crippen LogP contribution in [0.3, 0.4) is 0 Å². The zero-order valence-corrected chi connectivity index (χ0v) is 11.7. The summed E-state index contributed by atoms with van der Waals surface area (Å²) in [5.74, 6) is 0.0937. The molecule has 0 radical (unpaired) electrons. The molecule has 86 valence electrons. The van der Waals surface area contributed by atoms with Gasteiger partial charge in [0.05, 0.1) is 0 Å². The van der Waals surface area contributed by atoms with Gasteiger partial charge in [-0.2, -0.15) is 0 Å². The standard InChI is InChI=1S/C13H16OS2/c1-9-5-6-11(10(2)7-9)12(14)8-13(15-3)16-4/h5-8H,1-4H3. The molecule has 0 amide bonds. The van der Waals surface area contributed by atoms with Gasteiger partial charge < -0.3 is 0 Å². The third-order valence-corrected chi connectivity index (χ3v) is 4.34. The van der Waals surface area contributed by atoms with Gasteiger partial charge in [-0.15, -0.1) is 23.5 Å². The van der Waals surface area contributed by atoms with Gasteiger partial charge in [0.15, 0.2) is 5.78 Å².